The summed E-state index contributed by atoms with van der Waals surface area (Å²) in [5.41, 5.74) is 5.84. The van der Waals surface area contributed by atoms with Gasteiger partial charge in [0.05, 0.1) is 11.8 Å². The highest BCUT2D eigenvalue weighted by molar-refractivity contribution is 5.88. The van der Waals surface area contributed by atoms with Gasteiger partial charge in [-0.05, 0) is 67.4 Å². The molecule has 0 saturated heterocycles. The molecule has 0 radical (unpaired) electrons. The lowest BCUT2D eigenvalue weighted by atomic mass is 9.51. The fourth-order valence-electron chi connectivity index (χ4n) is 6.13. The Kier molecular flexibility index (Phi) is 4.47. The van der Waals surface area contributed by atoms with Crippen LogP contribution in [-0.2, 0) is 14.4 Å². The van der Waals surface area contributed by atoms with Crippen molar-refractivity contribution in [3.63, 3.8) is 0 Å². The van der Waals surface area contributed by atoms with Crippen molar-refractivity contribution in [2.24, 2.45) is 22.7 Å². The van der Waals surface area contributed by atoms with E-state index in [1.807, 2.05) is 0 Å². The van der Waals surface area contributed by atoms with E-state index < -0.39 is 12.6 Å². The third-order valence-electron chi connectivity index (χ3n) is 7.73. The van der Waals surface area contributed by atoms with Crippen molar-refractivity contribution in [2.45, 2.75) is 64.9 Å². The van der Waals surface area contributed by atoms with Gasteiger partial charge in [-0.3, -0.25) is 15.1 Å². The van der Waals surface area contributed by atoms with Crippen LogP contribution in [-0.4, -0.2) is 34.7 Å². The van der Waals surface area contributed by atoms with Gasteiger partial charge in [0.2, 0.25) is 0 Å². The van der Waals surface area contributed by atoms with Gasteiger partial charge in [-0.25, -0.2) is 4.79 Å². The lowest BCUT2D eigenvalue weighted by Gasteiger charge is -2.54. The summed E-state index contributed by atoms with van der Waals surface area (Å²) in [5, 5.41) is 19.1. The predicted octanol–water partition coefficient (Wildman–Crippen LogP) is 2.73. The molecule has 4 rings (SSSR count). The molecule has 4 aliphatic carbocycles. The van der Waals surface area contributed by atoms with Crippen molar-refractivity contribution >= 4 is 11.8 Å². The van der Waals surface area contributed by atoms with Crippen molar-refractivity contribution in [1.82, 2.24) is 5.48 Å². The maximum absolute atomic E-state index is 12.6. The largest absolute Gasteiger partial charge is 0.479 e. The van der Waals surface area contributed by atoms with Gasteiger partial charge in [-0.2, -0.15) is 0 Å². The SMILES string of the molecule is C[C@]12CC[C@H](O)CC1=CC(NOCC(=O)O)=C1[C@@H]2CC[C@]2(C)C(=O)CC[C@@H]12. The smallest absolute Gasteiger partial charge is 0.332 e. The Hall–Kier alpha value is -1.66. The Morgan fingerprint density at radius 1 is 1.22 bits per heavy atom. The maximum atomic E-state index is 12.6. The predicted molar refractivity (Wildman–Crippen MR) is 98.4 cm³/mol. The number of ketones is 1. The Bertz CT molecular complexity index is 741. The molecule has 27 heavy (non-hydrogen) atoms. The van der Waals surface area contributed by atoms with E-state index in [0.29, 0.717) is 24.5 Å². The van der Waals surface area contributed by atoms with Gasteiger partial charge in [0.25, 0.3) is 0 Å². The lowest BCUT2D eigenvalue weighted by molar-refractivity contribution is -0.144. The molecule has 6 heteroatoms. The molecule has 0 aromatic heterocycles. The van der Waals surface area contributed by atoms with E-state index in [1.54, 1.807) is 0 Å². The van der Waals surface area contributed by atoms with Crippen LogP contribution < -0.4 is 5.48 Å². The highest BCUT2D eigenvalue weighted by Crippen LogP contribution is 2.63. The van der Waals surface area contributed by atoms with Crippen molar-refractivity contribution in [3.8, 4) is 0 Å². The van der Waals surface area contributed by atoms with Crippen LogP contribution in [0.4, 0.5) is 0 Å². The highest BCUT2D eigenvalue weighted by atomic mass is 16.7. The molecule has 3 fully saturated rings. The van der Waals surface area contributed by atoms with Crippen LogP contribution in [0, 0.1) is 22.7 Å². The lowest BCUT2D eigenvalue weighted by Crippen LogP contribution is -2.48. The number of hydrogen-bond acceptors (Lipinski definition) is 5. The van der Waals surface area contributed by atoms with Crippen LogP contribution in [0.15, 0.2) is 22.9 Å². The number of allylic oxidation sites excluding steroid dienone is 2. The summed E-state index contributed by atoms with van der Waals surface area (Å²) in [7, 11) is 0. The zero-order valence-electron chi connectivity index (χ0n) is 16.1. The maximum Gasteiger partial charge on any atom is 0.332 e. The molecule has 3 saturated carbocycles. The van der Waals surface area contributed by atoms with Gasteiger partial charge in [-0.15, -0.1) is 0 Å². The number of carboxylic acids is 1. The minimum atomic E-state index is -1.03. The number of carbonyl (C=O) groups excluding carboxylic acids is 1. The molecule has 148 valence electrons. The summed E-state index contributed by atoms with van der Waals surface area (Å²) in [6.07, 6.45) is 7.44. The molecule has 0 spiro atoms. The van der Waals surface area contributed by atoms with Crippen LogP contribution in [0.25, 0.3) is 0 Å². The molecule has 0 aromatic carbocycles. The highest BCUT2D eigenvalue weighted by Gasteiger charge is 2.57. The number of aliphatic hydroxyl groups is 1. The van der Waals surface area contributed by atoms with E-state index in [-0.39, 0.29) is 22.9 Å². The Labute approximate surface area is 159 Å². The Morgan fingerprint density at radius 3 is 2.67 bits per heavy atom. The van der Waals surface area contributed by atoms with Crippen molar-refractivity contribution in [3.05, 3.63) is 22.9 Å². The number of carbonyl (C=O) groups is 2. The number of carboxylic acid groups (broad SMARTS) is 1. The minimum absolute atomic E-state index is 0.000487. The summed E-state index contributed by atoms with van der Waals surface area (Å²) in [6.45, 7) is 3.97. The fraction of sp³-hybridized carbons (Fsp3) is 0.714. The first-order chi connectivity index (χ1) is 12.8. The zero-order chi connectivity index (χ0) is 19.4. The van der Waals surface area contributed by atoms with Crippen LogP contribution in [0.1, 0.15) is 58.8 Å². The number of Topliss-reactive ketones (excluding diaryl/α,β-unsaturated/α-hetero) is 1. The van der Waals surface area contributed by atoms with E-state index in [0.717, 1.165) is 37.8 Å². The van der Waals surface area contributed by atoms with Crippen molar-refractivity contribution in [1.29, 1.82) is 0 Å². The number of fused-ring (bicyclic) bond motifs is 5. The molecule has 0 aromatic rings. The van der Waals surface area contributed by atoms with E-state index in [2.05, 4.69) is 25.4 Å². The van der Waals surface area contributed by atoms with Crippen molar-refractivity contribution in [2.75, 3.05) is 6.61 Å². The van der Waals surface area contributed by atoms with Gasteiger partial charge in [0.15, 0.2) is 6.61 Å². The van der Waals surface area contributed by atoms with Crippen LogP contribution >= 0.6 is 0 Å². The van der Waals surface area contributed by atoms with Gasteiger partial charge < -0.3 is 10.2 Å². The fourth-order valence-corrected chi connectivity index (χ4v) is 6.13. The van der Waals surface area contributed by atoms with Crippen LogP contribution in [0.5, 0.6) is 0 Å². The third-order valence-corrected chi connectivity index (χ3v) is 7.73. The normalized spacial score (nSPS) is 40.8. The second-order valence-electron chi connectivity index (χ2n) is 9.16. The molecule has 0 bridgehead atoms. The average Bonchev–Trinajstić information content (AvgIpc) is 2.91. The topological polar surface area (TPSA) is 95.9 Å². The van der Waals surface area contributed by atoms with E-state index >= 15 is 0 Å². The molecular weight excluding hydrogens is 346 g/mol. The Morgan fingerprint density at radius 2 is 1.93 bits per heavy atom. The van der Waals surface area contributed by atoms with E-state index in [1.165, 1.54) is 11.1 Å². The van der Waals surface area contributed by atoms with Crippen LogP contribution in [0.2, 0.25) is 0 Å². The molecule has 5 atom stereocenters. The average molecular weight is 375 g/mol. The summed E-state index contributed by atoms with van der Waals surface area (Å²) >= 11 is 0. The first-order valence-corrected chi connectivity index (χ1v) is 10.0. The standard InChI is InChI=1S/C21H29NO5/c1-20-7-5-13(23)9-12(20)10-16(22-27-11-18(25)26)19-14-3-4-17(24)21(14,2)8-6-15(19)20/h10,13-15,22-23H,3-9,11H2,1-2H3,(H,25,26)/t13-,14-,15-,20-,21-/m0/s1. The minimum Gasteiger partial charge on any atom is -0.479 e. The van der Waals surface area contributed by atoms with E-state index in [4.69, 9.17) is 9.94 Å². The van der Waals surface area contributed by atoms with Crippen LogP contribution in [0.3, 0.4) is 0 Å². The summed E-state index contributed by atoms with van der Waals surface area (Å²) in [6, 6.07) is 0. The summed E-state index contributed by atoms with van der Waals surface area (Å²) < 4.78 is 0. The quantitative estimate of drug-likeness (QED) is 0.654. The third kappa shape index (κ3) is 2.85. The second kappa shape index (κ2) is 6.45. The molecule has 0 unspecified atom stereocenters. The summed E-state index contributed by atoms with van der Waals surface area (Å²) in [4.78, 5) is 28.7. The second-order valence-corrected chi connectivity index (χ2v) is 9.16. The first-order valence-electron chi connectivity index (χ1n) is 10.0. The molecule has 0 aliphatic heterocycles. The molecular formula is C21H29NO5. The number of hydrogen-bond donors (Lipinski definition) is 3. The van der Waals surface area contributed by atoms with Gasteiger partial charge in [0.1, 0.15) is 5.78 Å². The first kappa shape index (κ1) is 18.7. The van der Waals surface area contributed by atoms with Gasteiger partial charge >= 0.3 is 5.97 Å². The van der Waals surface area contributed by atoms with Crippen molar-refractivity contribution < 1.29 is 24.6 Å². The molecule has 0 heterocycles. The monoisotopic (exact) mass is 375 g/mol. The molecule has 0 amide bonds. The number of aliphatic hydroxyl groups excluding tert-OH is 1. The molecule has 3 N–H and O–H groups in total. The number of aliphatic carboxylic acids is 1. The van der Waals surface area contributed by atoms with E-state index in [9.17, 15) is 14.7 Å². The molecule has 6 nitrogen and oxygen atoms in total. The number of hydroxylamine groups is 1. The van der Waals surface area contributed by atoms with Gasteiger partial charge in [0, 0.05) is 11.8 Å². The Balaban J connectivity index is 1.76. The van der Waals surface area contributed by atoms with Gasteiger partial charge in [-0.1, -0.05) is 19.4 Å². The number of nitrogens with one attached hydrogen (secondary N) is 1. The summed E-state index contributed by atoms with van der Waals surface area (Å²) in [5.74, 6) is -0.190. The number of rotatable bonds is 4. The zero-order valence-corrected chi connectivity index (χ0v) is 16.1. The molecule has 4 aliphatic rings.